The third-order valence-electron chi connectivity index (χ3n) is 2.25. The lowest BCUT2D eigenvalue weighted by Gasteiger charge is -2.03. The van der Waals surface area contributed by atoms with Crippen molar-refractivity contribution in [2.75, 3.05) is 0 Å². The number of carbonyl (C=O) groups is 1. The molecule has 0 aromatic heterocycles. The lowest BCUT2D eigenvalue weighted by atomic mass is 10.1. The summed E-state index contributed by atoms with van der Waals surface area (Å²) in [5.41, 5.74) is 5.08. The second-order valence-electron chi connectivity index (χ2n) is 3.46. The summed E-state index contributed by atoms with van der Waals surface area (Å²) in [6.07, 6.45) is 0.841. The fourth-order valence-electron chi connectivity index (χ4n) is 1.11. The van der Waals surface area contributed by atoms with Gasteiger partial charge in [0.05, 0.1) is 0 Å². The van der Waals surface area contributed by atoms with E-state index < -0.39 is 0 Å². The summed E-state index contributed by atoms with van der Waals surface area (Å²) in [4.78, 5) is 11.7. The molecule has 0 spiro atoms. The average molecular weight is 204 g/mol. The minimum Gasteiger partial charge on any atom is -0.267 e. The molecule has 0 fully saturated rings. The fraction of sp³-hybridized carbons (Fsp3) is 0.333. The highest BCUT2D eigenvalue weighted by Crippen LogP contribution is 2.06. The van der Waals surface area contributed by atoms with E-state index in [4.69, 9.17) is 0 Å². The summed E-state index contributed by atoms with van der Waals surface area (Å²) in [5.74, 6) is -0.152. The van der Waals surface area contributed by atoms with Gasteiger partial charge in [0, 0.05) is 11.3 Å². The fourth-order valence-corrected chi connectivity index (χ4v) is 1.11. The number of aryl methyl sites for hydroxylation is 1. The van der Waals surface area contributed by atoms with Crippen LogP contribution in [0.3, 0.4) is 0 Å². The average Bonchev–Trinajstić information content (AvgIpc) is 2.26. The van der Waals surface area contributed by atoms with Gasteiger partial charge >= 0.3 is 0 Å². The van der Waals surface area contributed by atoms with E-state index >= 15 is 0 Å². The highest BCUT2D eigenvalue weighted by Gasteiger charge is 2.06. The maximum Gasteiger partial charge on any atom is 0.271 e. The highest BCUT2D eigenvalue weighted by molar-refractivity contribution is 5.96. The van der Waals surface area contributed by atoms with Crippen molar-refractivity contribution in [1.29, 1.82) is 0 Å². The van der Waals surface area contributed by atoms with Crippen LogP contribution >= 0.6 is 0 Å². The Morgan fingerprint density at radius 3 is 2.67 bits per heavy atom. The lowest BCUT2D eigenvalue weighted by Crippen LogP contribution is -2.19. The molecule has 0 aliphatic rings. The van der Waals surface area contributed by atoms with Gasteiger partial charge in [-0.2, -0.15) is 5.10 Å². The molecule has 0 bridgehead atoms. The quantitative estimate of drug-likeness (QED) is 0.596. The summed E-state index contributed by atoms with van der Waals surface area (Å²) in [6, 6.07) is 7.46. The number of nitrogens with one attached hydrogen (secondary N) is 1. The van der Waals surface area contributed by atoms with Crippen molar-refractivity contribution in [2.24, 2.45) is 5.10 Å². The monoisotopic (exact) mass is 204 g/mol. The van der Waals surface area contributed by atoms with E-state index in [0.717, 1.165) is 17.7 Å². The van der Waals surface area contributed by atoms with Gasteiger partial charge in [-0.3, -0.25) is 4.79 Å². The SMILES string of the molecule is CC/C(C)=N/NC(=O)c1ccccc1C. The zero-order valence-corrected chi connectivity index (χ0v) is 9.37. The maximum absolute atomic E-state index is 11.7. The van der Waals surface area contributed by atoms with Gasteiger partial charge < -0.3 is 0 Å². The van der Waals surface area contributed by atoms with E-state index in [0.29, 0.717) is 5.56 Å². The molecule has 0 saturated carbocycles. The van der Waals surface area contributed by atoms with Gasteiger partial charge in [-0.05, 0) is 31.9 Å². The first-order valence-electron chi connectivity index (χ1n) is 5.04. The summed E-state index contributed by atoms with van der Waals surface area (Å²) < 4.78 is 0. The van der Waals surface area contributed by atoms with Crippen LogP contribution in [-0.2, 0) is 0 Å². The Kier molecular flexibility index (Phi) is 4.03. The molecule has 0 unspecified atom stereocenters. The smallest absolute Gasteiger partial charge is 0.267 e. The summed E-state index contributed by atoms with van der Waals surface area (Å²) in [5, 5.41) is 3.98. The molecule has 0 aliphatic carbocycles. The third kappa shape index (κ3) is 3.20. The molecular weight excluding hydrogens is 188 g/mol. The molecule has 0 saturated heterocycles. The van der Waals surface area contributed by atoms with Crippen molar-refractivity contribution in [3.63, 3.8) is 0 Å². The molecule has 1 aromatic rings. The van der Waals surface area contributed by atoms with Gasteiger partial charge in [-0.1, -0.05) is 25.1 Å². The summed E-state index contributed by atoms with van der Waals surface area (Å²) in [7, 11) is 0. The molecule has 0 atom stereocenters. The largest absolute Gasteiger partial charge is 0.271 e. The molecule has 1 aromatic carbocycles. The number of carbonyl (C=O) groups excluding carboxylic acids is 1. The first-order valence-corrected chi connectivity index (χ1v) is 5.04. The van der Waals surface area contributed by atoms with E-state index in [1.54, 1.807) is 6.07 Å². The van der Waals surface area contributed by atoms with E-state index in [1.165, 1.54) is 0 Å². The van der Waals surface area contributed by atoms with E-state index in [1.807, 2.05) is 39.0 Å². The molecule has 15 heavy (non-hydrogen) atoms. The predicted octanol–water partition coefficient (Wildman–Crippen LogP) is 2.51. The number of nitrogens with zero attached hydrogens (tertiary/aromatic N) is 1. The van der Waals surface area contributed by atoms with Crippen molar-refractivity contribution in [1.82, 2.24) is 5.43 Å². The number of amides is 1. The number of rotatable bonds is 3. The van der Waals surface area contributed by atoms with E-state index in [-0.39, 0.29) is 5.91 Å². The maximum atomic E-state index is 11.7. The molecule has 1 rings (SSSR count). The van der Waals surface area contributed by atoms with Crippen LogP contribution in [0.1, 0.15) is 36.2 Å². The second kappa shape index (κ2) is 5.29. The van der Waals surface area contributed by atoms with Gasteiger partial charge in [0.25, 0.3) is 5.91 Å². The van der Waals surface area contributed by atoms with E-state index in [9.17, 15) is 4.79 Å². The molecule has 0 heterocycles. The molecule has 1 amide bonds. The number of hydrazone groups is 1. The molecule has 1 N–H and O–H groups in total. The van der Waals surface area contributed by atoms with Crippen molar-refractivity contribution in [2.45, 2.75) is 27.2 Å². The van der Waals surface area contributed by atoms with Crippen LogP contribution in [0.5, 0.6) is 0 Å². The van der Waals surface area contributed by atoms with Crippen LogP contribution in [-0.4, -0.2) is 11.6 Å². The molecule has 3 nitrogen and oxygen atoms in total. The van der Waals surface area contributed by atoms with Crippen molar-refractivity contribution in [3.05, 3.63) is 35.4 Å². The topological polar surface area (TPSA) is 41.5 Å². The highest BCUT2D eigenvalue weighted by atomic mass is 16.2. The van der Waals surface area contributed by atoms with Crippen LogP contribution in [0.15, 0.2) is 29.4 Å². The van der Waals surface area contributed by atoms with Crippen molar-refractivity contribution < 1.29 is 4.79 Å². The predicted molar refractivity (Wildman–Crippen MR) is 62.0 cm³/mol. The third-order valence-corrected chi connectivity index (χ3v) is 2.25. The zero-order chi connectivity index (χ0) is 11.3. The Labute approximate surface area is 90.2 Å². The van der Waals surface area contributed by atoms with Crippen molar-refractivity contribution in [3.8, 4) is 0 Å². The van der Waals surface area contributed by atoms with Gasteiger partial charge in [0.1, 0.15) is 0 Å². The summed E-state index contributed by atoms with van der Waals surface area (Å²) >= 11 is 0. The second-order valence-corrected chi connectivity index (χ2v) is 3.46. The molecule has 0 radical (unpaired) electrons. The first kappa shape index (κ1) is 11.4. The molecular formula is C12H16N2O. The van der Waals surface area contributed by atoms with Crippen LogP contribution in [0.2, 0.25) is 0 Å². The zero-order valence-electron chi connectivity index (χ0n) is 9.37. The normalized spacial score (nSPS) is 11.3. The lowest BCUT2D eigenvalue weighted by molar-refractivity contribution is 0.0954. The number of hydrogen-bond donors (Lipinski definition) is 1. The first-order chi connectivity index (χ1) is 7.15. The van der Waals surface area contributed by atoms with Gasteiger partial charge in [0.2, 0.25) is 0 Å². The van der Waals surface area contributed by atoms with Gasteiger partial charge in [-0.25, -0.2) is 5.43 Å². The molecule has 80 valence electrons. The Balaban J connectivity index is 2.74. The Hall–Kier alpha value is -1.64. The van der Waals surface area contributed by atoms with Crippen LogP contribution < -0.4 is 5.43 Å². The minimum atomic E-state index is -0.152. The number of hydrogen-bond acceptors (Lipinski definition) is 2. The van der Waals surface area contributed by atoms with E-state index in [2.05, 4.69) is 10.5 Å². The van der Waals surface area contributed by atoms with Crippen LogP contribution in [0, 0.1) is 6.92 Å². The van der Waals surface area contributed by atoms with Gasteiger partial charge in [0.15, 0.2) is 0 Å². The van der Waals surface area contributed by atoms with Gasteiger partial charge in [-0.15, -0.1) is 0 Å². The number of benzene rings is 1. The molecule has 0 aliphatic heterocycles. The van der Waals surface area contributed by atoms with Crippen LogP contribution in [0.4, 0.5) is 0 Å². The Morgan fingerprint density at radius 1 is 1.40 bits per heavy atom. The van der Waals surface area contributed by atoms with Crippen LogP contribution in [0.25, 0.3) is 0 Å². The Bertz CT molecular complexity index is 383. The molecule has 3 heteroatoms. The standard InChI is InChI=1S/C12H16N2O/c1-4-10(3)13-14-12(15)11-8-6-5-7-9(11)2/h5-8H,4H2,1-3H3,(H,14,15)/b13-10+. The summed E-state index contributed by atoms with van der Waals surface area (Å²) in [6.45, 7) is 5.79. The minimum absolute atomic E-state index is 0.152. The Morgan fingerprint density at radius 2 is 2.07 bits per heavy atom. The van der Waals surface area contributed by atoms with Crippen molar-refractivity contribution >= 4 is 11.6 Å².